The maximum atomic E-state index is 10.5. The number of imidazole rings is 1. The van der Waals surface area contributed by atoms with Crippen LogP contribution in [-0.4, -0.2) is 18.7 Å². The van der Waals surface area contributed by atoms with Crippen LogP contribution in [0.5, 0.6) is 11.5 Å². The van der Waals surface area contributed by atoms with Crippen LogP contribution in [0.2, 0.25) is 0 Å². The Balaban J connectivity index is 0.0000127. The number of rotatable bonds is 8. The molecule has 0 spiro atoms. The number of para-hydroxylation sites is 5. The maximum absolute atomic E-state index is 10.5. The first-order valence-corrected chi connectivity index (χ1v) is 27.4. The molecular weight excluding hydrogens is 1240 g/mol. The molecule has 7 heteroatoms. The van der Waals surface area contributed by atoms with Gasteiger partial charge in [0.1, 0.15) is 5.82 Å². The van der Waals surface area contributed by atoms with Crippen LogP contribution in [-0.2, 0) is 48.1 Å². The van der Waals surface area contributed by atoms with E-state index in [-0.39, 0.29) is 54.7 Å². The van der Waals surface area contributed by atoms with Crippen molar-refractivity contribution in [1.29, 1.82) is 0 Å². The average Bonchev–Trinajstić information content (AvgIpc) is 1.11. The van der Waals surface area contributed by atoms with Crippen molar-refractivity contribution in [3.05, 3.63) is 240 Å². The predicted octanol–water partition coefficient (Wildman–Crippen LogP) is 20.0. The summed E-state index contributed by atoms with van der Waals surface area (Å²) >= 11 is 0. The number of ether oxygens (including phenoxy) is 1. The molecule has 436 valence electrons. The van der Waals surface area contributed by atoms with E-state index in [1.54, 1.807) is 12.3 Å². The number of benzene rings is 9. The van der Waals surface area contributed by atoms with Gasteiger partial charge in [-0.1, -0.05) is 196 Å². The van der Waals surface area contributed by atoms with E-state index in [0.717, 1.165) is 72.1 Å². The summed E-state index contributed by atoms with van der Waals surface area (Å²) < 4.78 is 367. The molecule has 6 nitrogen and oxygen atoms in total. The summed E-state index contributed by atoms with van der Waals surface area (Å²) in [5.41, 5.74) is -27.3. The number of nitrogens with zero attached hydrogens (tertiary/aromatic N) is 5. The molecule has 0 bridgehead atoms. The van der Waals surface area contributed by atoms with Gasteiger partial charge in [0.15, 0.2) is 0 Å². The van der Waals surface area contributed by atoms with Gasteiger partial charge in [0.05, 0.1) is 36.0 Å². The van der Waals surface area contributed by atoms with E-state index in [9.17, 15) is 19.2 Å². The molecule has 4 aromatic heterocycles. The zero-order valence-electron chi connectivity index (χ0n) is 84.5. The molecule has 15 rings (SSSR count). The minimum absolute atomic E-state index is 0. The minimum Gasteiger partial charge on any atom is -0.510 e. The van der Waals surface area contributed by atoms with E-state index in [0.29, 0.717) is 11.3 Å². The smallest absolute Gasteiger partial charge is 0.268 e. The van der Waals surface area contributed by atoms with Crippen molar-refractivity contribution in [1.82, 2.24) is 18.7 Å². The molecule has 4 heterocycles. The zero-order valence-corrected chi connectivity index (χ0v) is 48.7. The Morgan fingerprint density at radius 3 is 1.72 bits per heavy atom. The molecule has 2 aliphatic rings. The van der Waals surface area contributed by atoms with E-state index in [2.05, 4.69) is 62.0 Å². The quantitative estimate of drug-likeness (QED) is 0.112. The van der Waals surface area contributed by atoms with Crippen molar-refractivity contribution in [3.8, 4) is 56.6 Å². The van der Waals surface area contributed by atoms with Gasteiger partial charge in [-0.2, -0.15) is 18.2 Å². The Labute approximate surface area is 579 Å². The van der Waals surface area contributed by atoms with Crippen molar-refractivity contribution >= 4 is 54.6 Å². The molecule has 0 unspecified atom stereocenters. The largest absolute Gasteiger partial charge is 0.510 e. The van der Waals surface area contributed by atoms with E-state index >= 15 is 0 Å². The second-order valence-electron chi connectivity index (χ2n) is 22.6. The van der Waals surface area contributed by atoms with Crippen molar-refractivity contribution in [3.63, 3.8) is 0 Å². The molecule has 0 saturated carbocycles. The average molecular weight is 1350 g/mol. The van der Waals surface area contributed by atoms with Crippen LogP contribution in [0.15, 0.2) is 194 Å². The summed E-state index contributed by atoms with van der Waals surface area (Å²) in [6, 6.07) is 38.7. The SMILES string of the molecule is [2H]c1c([2H])c2c(c([2H])c1-c1cccc(-c3c([2H])c([2H])c4c(c3[2H])C(C([2H])([2H])[2H])(C([2H])([2H])[2H])C([2H])([2H])C([2H])([2H])C4(C([2H])([2H])[2H])C([2H])([2H])[2H])c1-[n+]1[c-]n(-c3[c-]c(Oc4[c-]c5c(cc4)c4cc(-n6c7ccccc7c7ccccc76)ccc4n5-c4cc(C(C)(C)C)ccn4)ccc3)c3ccccc31)C(C([2H])([2H])[2H])(C([2H])([2H])[2H])C([2H])([2H])C([2H])([2H])C2(C([2H])([2H])[2H])C([2H])([2H])[2H].[Pt]. The Hall–Kier alpha value is -8.31. The second-order valence-corrected chi connectivity index (χ2v) is 22.6. The van der Waals surface area contributed by atoms with Crippen molar-refractivity contribution in [2.45, 2.75) is 128 Å². The van der Waals surface area contributed by atoms with Gasteiger partial charge in [-0.15, -0.1) is 29.7 Å². The standard InChI is InChI=1S/C80H73N5O.Pt/c1-76(2,3)53-38-43-81-74(46-53)85-70-37-32-55(84-68-26-14-12-22-60(68)61-23-13-15-27-69(61)84)48-63(70)62-34-33-57(49-73(62)85)86-56-21-18-20-54(47-56)82-50-83(72-29-17-16-28-71(72)82)75-58(51-30-35-64-66(44-51)79(8,9)41-39-77(64,4)5)24-19-25-59(75)52-31-36-65-67(45-52)80(10,11)42-40-78(65,6)7;/h12-38,43-46,48H,39-42H2,1-11H3;/q-2;/i4D3,5D3,6D3,7D3,8D3,9D3,10D3,11D3,30D,31D,35D,36D,39D2,40D2,41D2,42D2,44D,45D;. The van der Waals surface area contributed by atoms with Gasteiger partial charge in [0.2, 0.25) is 0 Å². The first-order chi connectivity index (χ1) is 56.8. The van der Waals surface area contributed by atoms with Crippen molar-refractivity contribution in [2.75, 3.05) is 0 Å². The normalized spacial score (nSPS) is 25.7. The molecule has 0 radical (unpaired) electrons. The molecule has 0 atom stereocenters. The molecule has 13 aromatic rings. The Morgan fingerprint density at radius 2 is 1.10 bits per heavy atom. The number of aromatic nitrogens is 5. The van der Waals surface area contributed by atoms with Crippen molar-refractivity contribution < 1.29 is 82.5 Å². The fraction of sp³-hybridized carbons (Fsp3) is 0.250. The summed E-state index contributed by atoms with van der Waals surface area (Å²) in [4.78, 5) is 4.89. The van der Waals surface area contributed by atoms with Gasteiger partial charge < -0.3 is 18.4 Å². The molecule has 87 heavy (non-hydrogen) atoms. The molecular formula is C80H73N5OPt-2. The van der Waals surface area contributed by atoms with E-state index in [1.165, 1.54) is 47.0 Å². The van der Waals surface area contributed by atoms with Gasteiger partial charge in [0, 0.05) is 105 Å². The topological polar surface area (TPSA) is 40.8 Å². The summed E-state index contributed by atoms with van der Waals surface area (Å²) in [5.74, 6) is 0.609. The third-order valence-electron chi connectivity index (χ3n) is 15.9. The zero-order chi connectivity index (χ0) is 91.6. The van der Waals surface area contributed by atoms with Gasteiger partial charge in [-0.3, -0.25) is 4.57 Å². The molecule has 9 aromatic carbocycles. The predicted molar refractivity (Wildman–Crippen MR) is 354 cm³/mol. The van der Waals surface area contributed by atoms with Crippen LogP contribution in [0.25, 0.3) is 99.8 Å². The van der Waals surface area contributed by atoms with E-state index in [1.807, 2.05) is 71.3 Å². The van der Waals surface area contributed by atoms with Crippen LogP contribution in [0.3, 0.4) is 0 Å². The third kappa shape index (κ3) is 9.31. The van der Waals surface area contributed by atoms with Crippen LogP contribution in [0, 0.1) is 18.5 Å². The van der Waals surface area contributed by atoms with Gasteiger partial charge in [0.25, 0.3) is 6.33 Å². The third-order valence-corrected chi connectivity index (χ3v) is 15.9. The number of hydrogen-bond acceptors (Lipinski definition) is 2. The fourth-order valence-electron chi connectivity index (χ4n) is 11.7. The fourth-order valence-corrected chi connectivity index (χ4v) is 11.7. The second kappa shape index (κ2) is 20.4. The Kier molecular flexibility index (Phi) is 6.62. The maximum Gasteiger partial charge on any atom is 0.268 e. The molecule has 0 fully saturated rings. The van der Waals surface area contributed by atoms with Crippen LogP contribution in [0.4, 0.5) is 0 Å². The first kappa shape index (κ1) is 28.2. The van der Waals surface area contributed by atoms with Crippen LogP contribution in [0.1, 0.15) is 181 Å². The molecule has 0 aliphatic heterocycles. The monoisotopic (exact) mass is 1350 g/mol. The van der Waals surface area contributed by atoms with Gasteiger partial charge in [-0.25, -0.2) is 4.98 Å². The van der Waals surface area contributed by atoms with Crippen LogP contribution < -0.4 is 9.30 Å². The molecule has 0 saturated heterocycles. The number of hydrogen-bond donors (Lipinski definition) is 0. The Bertz CT molecular complexity index is 6350. The van der Waals surface area contributed by atoms with Crippen molar-refractivity contribution in [2.24, 2.45) is 0 Å². The van der Waals surface area contributed by atoms with E-state index in [4.69, 9.17) is 42.6 Å². The summed E-state index contributed by atoms with van der Waals surface area (Å²) in [7, 11) is 0. The Morgan fingerprint density at radius 1 is 0.540 bits per heavy atom. The summed E-state index contributed by atoms with van der Waals surface area (Å²) in [5, 5.41) is 3.62. The molecule has 2 aliphatic carbocycles. The van der Waals surface area contributed by atoms with Gasteiger partial charge in [-0.05, 0) is 156 Å². The first-order valence-electron chi connectivity index (χ1n) is 46.4. The summed E-state index contributed by atoms with van der Waals surface area (Å²) in [6.07, 6.45) is -14.5. The molecule has 0 amide bonds. The molecule has 0 N–H and O–H groups in total. The van der Waals surface area contributed by atoms with Gasteiger partial charge >= 0.3 is 0 Å². The van der Waals surface area contributed by atoms with Crippen LogP contribution >= 0.6 is 0 Å². The number of pyridine rings is 1. The number of fused-ring (bicyclic) bond motifs is 9. The van der Waals surface area contributed by atoms with E-state index < -0.39 is 188 Å². The summed E-state index contributed by atoms with van der Waals surface area (Å²) in [6.45, 7) is -30.3. The minimum atomic E-state index is -4.86.